The molecule has 4 bridgehead atoms. The highest BCUT2D eigenvalue weighted by molar-refractivity contribution is 6.01. The normalized spacial score (nSPS) is 43.5. The van der Waals surface area contributed by atoms with Crippen LogP contribution in [0.25, 0.3) is 0 Å². The van der Waals surface area contributed by atoms with Crippen LogP contribution in [0.4, 0.5) is 5.69 Å². The highest BCUT2D eigenvalue weighted by Crippen LogP contribution is 2.79. The number of nitrogens with one attached hydrogen (secondary N) is 1. The first-order valence-electron chi connectivity index (χ1n) is 22.4. The van der Waals surface area contributed by atoms with Gasteiger partial charge < -0.3 is 31.1 Å². The quantitative estimate of drug-likeness (QED) is 0.126. The molecule has 13 atom stereocenters. The maximum absolute atomic E-state index is 15.0. The number of carbonyl (C=O) groups excluding carboxylic acids is 2. The van der Waals surface area contributed by atoms with Gasteiger partial charge in [0.25, 0.3) is 0 Å². The number of benzene rings is 2. The van der Waals surface area contributed by atoms with Crippen molar-refractivity contribution < 1.29 is 29.6 Å². The van der Waals surface area contributed by atoms with E-state index in [0.717, 1.165) is 54.5 Å². The van der Waals surface area contributed by atoms with E-state index < -0.39 is 44.4 Å². The Morgan fingerprint density at radius 1 is 0.983 bits per heavy atom. The molecule has 10 rings (SSSR count). The monoisotopic (exact) mass is 793 g/mol. The number of hydrogen-bond donors (Lipinski definition) is 5. The number of phenolic OH excluding ortho intramolecular Hbond substituents is 1. The van der Waals surface area contributed by atoms with Crippen molar-refractivity contribution in [3.63, 3.8) is 0 Å². The van der Waals surface area contributed by atoms with Crippen molar-refractivity contribution in [3.8, 4) is 5.75 Å². The Bertz CT molecular complexity index is 2090. The molecule has 314 valence electrons. The fourth-order valence-electron chi connectivity index (χ4n) is 16.6. The van der Waals surface area contributed by atoms with Crippen LogP contribution in [0, 0.1) is 45.3 Å². The standard InChI is InChI=1S/C50H68N2O6/c1-28(19-37(54)41-48(7,58-41)35-14-10-13-34(35)30-11-9-12-32(51)22-30)40-36-15-16-39-45(4)26-49(31-20-29(25-52-8)21-33(53)23-31)17-18-50(57,42(45)44(2,3)43(49)56)27-47(39,6)46(36,5)24-38(40)55/h9,11-12,20-23,28,34-35,37,39,41-42,52-54,57H,10,13-19,24-27,51H2,1-8H3/t28-,34+,35+,37-,39?,41+,42+,45-,46+,47+,48-,49-,50+/m1/s1. The molecule has 58 heavy (non-hydrogen) atoms. The van der Waals surface area contributed by atoms with E-state index in [4.69, 9.17) is 10.5 Å². The number of phenols is 1. The topological polar surface area (TPSA) is 145 Å². The molecule has 6 saturated carbocycles. The predicted octanol–water partition coefficient (Wildman–Crippen LogP) is 8.30. The number of aromatic hydroxyl groups is 1. The van der Waals surface area contributed by atoms with E-state index in [0.29, 0.717) is 56.9 Å². The zero-order chi connectivity index (χ0) is 41.6. The number of nitrogen functional groups attached to an aromatic ring is 1. The maximum atomic E-state index is 15.0. The van der Waals surface area contributed by atoms with Gasteiger partial charge in [0.15, 0.2) is 5.78 Å². The zero-order valence-corrected chi connectivity index (χ0v) is 36.2. The Hall–Kier alpha value is -3.04. The third-order valence-electron chi connectivity index (χ3n) is 18.4. The Morgan fingerprint density at radius 2 is 1.74 bits per heavy atom. The Labute approximate surface area is 345 Å². The van der Waals surface area contributed by atoms with Gasteiger partial charge in [-0.15, -0.1) is 0 Å². The van der Waals surface area contributed by atoms with Crippen LogP contribution < -0.4 is 11.1 Å². The highest BCUT2D eigenvalue weighted by Gasteiger charge is 2.78. The van der Waals surface area contributed by atoms with Gasteiger partial charge in [-0.2, -0.15) is 0 Å². The number of Topliss-reactive ketones (excluding diaryl/α,β-unsaturated/α-hetero) is 2. The summed E-state index contributed by atoms with van der Waals surface area (Å²) in [5.41, 5.74) is 7.77. The van der Waals surface area contributed by atoms with Crippen molar-refractivity contribution in [2.24, 2.45) is 45.3 Å². The van der Waals surface area contributed by atoms with Gasteiger partial charge in [-0.05, 0) is 153 Å². The van der Waals surface area contributed by atoms with Gasteiger partial charge >= 0.3 is 0 Å². The van der Waals surface area contributed by atoms with Gasteiger partial charge in [-0.3, -0.25) is 9.59 Å². The number of epoxide rings is 1. The van der Waals surface area contributed by atoms with Gasteiger partial charge in [-0.1, -0.05) is 71.7 Å². The molecule has 2 aromatic carbocycles. The molecule has 0 radical (unpaired) electrons. The Kier molecular flexibility index (Phi) is 9.04. The lowest BCUT2D eigenvalue weighted by atomic mass is 9.32. The summed E-state index contributed by atoms with van der Waals surface area (Å²) in [7, 11) is 1.88. The minimum atomic E-state index is -1.10. The van der Waals surface area contributed by atoms with E-state index >= 15 is 4.79 Å². The zero-order valence-electron chi connectivity index (χ0n) is 36.2. The number of ketones is 2. The minimum Gasteiger partial charge on any atom is -0.508 e. The highest BCUT2D eigenvalue weighted by atomic mass is 16.6. The largest absolute Gasteiger partial charge is 0.508 e. The number of rotatable bonds is 9. The molecule has 0 amide bonds. The van der Waals surface area contributed by atoms with Gasteiger partial charge in [0.2, 0.25) is 0 Å². The lowest BCUT2D eigenvalue weighted by molar-refractivity contribution is -0.252. The van der Waals surface area contributed by atoms with Crippen molar-refractivity contribution in [1.29, 1.82) is 0 Å². The molecule has 8 heteroatoms. The lowest BCUT2D eigenvalue weighted by Crippen LogP contribution is -2.71. The van der Waals surface area contributed by atoms with Gasteiger partial charge in [0.1, 0.15) is 17.6 Å². The van der Waals surface area contributed by atoms with Crippen molar-refractivity contribution in [3.05, 3.63) is 70.3 Å². The lowest BCUT2D eigenvalue weighted by Gasteiger charge is -2.72. The minimum absolute atomic E-state index is 0.126. The summed E-state index contributed by atoms with van der Waals surface area (Å²) >= 11 is 0. The second-order valence-corrected chi connectivity index (χ2v) is 22.0. The van der Waals surface area contributed by atoms with Crippen LogP contribution in [0.15, 0.2) is 53.6 Å². The SMILES string of the molecule is CNCc1cc(O)cc([C@@]23CC[C@]4(O)C[C@@]5(C)C(CCC6=C([C@H](C)C[C@@H](O)[C@@H]7O[C@]7(C)[C@H]7CCC[C@H]7c7cccc(N)c7)C(=O)C[C@@]65C)[C@@](C)(C2)[C@@H]4C(C)(C)C3=O)c1. The molecule has 1 saturated heterocycles. The summed E-state index contributed by atoms with van der Waals surface area (Å²) in [5, 5.41) is 39.4. The maximum Gasteiger partial charge on any atom is 0.159 e. The number of fused-ring (bicyclic) bond motifs is 5. The van der Waals surface area contributed by atoms with Crippen molar-refractivity contribution in [2.75, 3.05) is 12.8 Å². The van der Waals surface area contributed by atoms with E-state index in [9.17, 15) is 20.1 Å². The Morgan fingerprint density at radius 3 is 2.47 bits per heavy atom. The molecule has 7 fully saturated rings. The van der Waals surface area contributed by atoms with Gasteiger partial charge in [0.05, 0.1) is 22.7 Å². The molecule has 1 unspecified atom stereocenters. The fraction of sp³-hybridized carbons (Fsp3) is 0.680. The number of anilines is 1. The molecule has 1 aliphatic heterocycles. The van der Waals surface area contributed by atoms with Crippen LogP contribution in [-0.4, -0.2) is 57.3 Å². The third kappa shape index (κ3) is 5.38. The summed E-state index contributed by atoms with van der Waals surface area (Å²) < 4.78 is 6.47. The molecule has 0 spiro atoms. The van der Waals surface area contributed by atoms with Crippen molar-refractivity contribution in [2.45, 2.75) is 160 Å². The number of nitrogens with two attached hydrogens (primary N) is 1. The van der Waals surface area contributed by atoms with E-state index in [1.165, 1.54) is 11.1 Å². The number of ether oxygens (including phenoxy) is 1. The Balaban J connectivity index is 1.02. The van der Waals surface area contributed by atoms with Crippen LogP contribution in [0.5, 0.6) is 5.75 Å². The van der Waals surface area contributed by atoms with Crippen LogP contribution in [-0.2, 0) is 26.3 Å². The fourth-order valence-corrected chi connectivity index (χ4v) is 16.6. The summed E-state index contributed by atoms with van der Waals surface area (Å²) in [6.07, 6.45) is 7.10. The summed E-state index contributed by atoms with van der Waals surface area (Å²) in [5.74, 6) is 1.01. The summed E-state index contributed by atoms with van der Waals surface area (Å²) in [6, 6.07) is 13.9. The number of aliphatic hydroxyl groups excluding tert-OH is 1. The first-order valence-corrected chi connectivity index (χ1v) is 22.4. The van der Waals surface area contributed by atoms with Crippen LogP contribution >= 0.6 is 0 Å². The first kappa shape index (κ1) is 40.4. The third-order valence-corrected chi connectivity index (χ3v) is 18.4. The molecule has 8 nitrogen and oxygen atoms in total. The predicted molar refractivity (Wildman–Crippen MR) is 226 cm³/mol. The molecule has 1 heterocycles. The number of carbonyl (C=O) groups is 2. The second-order valence-electron chi connectivity index (χ2n) is 22.0. The molecule has 0 aromatic heterocycles. The van der Waals surface area contributed by atoms with E-state index in [1.54, 1.807) is 12.1 Å². The average molecular weight is 793 g/mol. The van der Waals surface area contributed by atoms with E-state index in [1.807, 2.05) is 19.2 Å². The molecule has 8 aliphatic rings. The van der Waals surface area contributed by atoms with Gasteiger partial charge in [-0.25, -0.2) is 0 Å². The molecule has 7 aliphatic carbocycles. The molecule has 6 N–H and O–H groups in total. The van der Waals surface area contributed by atoms with Crippen LogP contribution in [0.2, 0.25) is 0 Å². The first-order chi connectivity index (χ1) is 27.2. The number of aliphatic hydroxyl groups is 2. The van der Waals surface area contributed by atoms with Crippen molar-refractivity contribution in [1.82, 2.24) is 5.32 Å². The van der Waals surface area contributed by atoms with E-state index in [-0.39, 0.29) is 41.2 Å². The van der Waals surface area contributed by atoms with Crippen molar-refractivity contribution >= 4 is 17.3 Å². The van der Waals surface area contributed by atoms with E-state index in [2.05, 4.69) is 72.0 Å². The molecule has 2 aromatic rings. The molecular weight excluding hydrogens is 725 g/mol. The smallest absolute Gasteiger partial charge is 0.159 e. The summed E-state index contributed by atoms with van der Waals surface area (Å²) in [4.78, 5) is 29.6. The van der Waals surface area contributed by atoms with Crippen LogP contribution in [0.1, 0.15) is 142 Å². The molecular formula is C50H68N2O6. The average Bonchev–Trinajstić information content (AvgIpc) is 3.48. The van der Waals surface area contributed by atoms with Crippen LogP contribution in [0.3, 0.4) is 0 Å². The van der Waals surface area contributed by atoms with Gasteiger partial charge in [0, 0.05) is 35.4 Å². The second kappa shape index (κ2) is 13.0. The number of allylic oxidation sites excluding steroid dienone is 2. The summed E-state index contributed by atoms with van der Waals surface area (Å²) in [6.45, 7) is 16.0. The number of hydrogen-bond acceptors (Lipinski definition) is 8.